The Morgan fingerprint density at radius 3 is 2.44 bits per heavy atom. The predicted octanol–water partition coefficient (Wildman–Crippen LogP) is -0.731. The number of carbonyl (C=O) groups excluding carboxylic acids is 1. The van der Waals surface area contributed by atoms with Crippen LogP contribution < -0.4 is 10.0 Å². The smallest absolute Gasteiger partial charge is 0.422 e. The van der Waals surface area contributed by atoms with Gasteiger partial charge < -0.3 is 10.1 Å². The van der Waals surface area contributed by atoms with E-state index in [4.69, 9.17) is 4.74 Å². The zero-order chi connectivity index (χ0) is 12.3. The van der Waals surface area contributed by atoms with E-state index in [0.29, 0.717) is 13.1 Å². The Kier molecular flexibility index (Phi) is 4.11. The van der Waals surface area contributed by atoms with Gasteiger partial charge in [-0.25, -0.2) is 9.52 Å². The molecule has 7 nitrogen and oxygen atoms in total. The minimum Gasteiger partial charge on any atom is -0.446 e. The summed E-state index contributed by atoms with van der Waals surface area (Å²) < 4.78 is 31.0. The van der Waals surface area contributed by atoms with Crippen LogP contribution in [0, 0.1) is 0 Å². The van der Waals surface area contributed by atoms with Crippen LogP contribution in [0.3, 0.4) is 0 Å². The van der Waals surface area contributed by atoms with Gasteiger partial charge in [0.2, 0.25) is 0 Å². The Bertz CT molecular complexity index is 350. The zero-order valence-corrected chi connectivity index (χ0v) is 10.4. The van der Waals surface area contributed by atoms with Crippen molar-refractivity contribution in [3.63, 3.8) is 0 Å². The van der Waals surface area contributed by atoms with Gasteiger partial charge in [0.1, 0.15) is 0 Å². The minimum atomic E-state index is -3.80. The Hall–Kier alpha value is -0.860. The quantitative estimate of drug-likeness (QED) is 0.688. The molecule has 8 heteroatoms. The largest absolute Gasteiger partial charge is 0.446 e. The highest BCUT2D eigenvalue weighted by Gasteiger charge is 2.31. The maximum absolute atomic E-state index is 11.6. The van der Waals surface area contributed by atoms with E-state index in [0.717, 1.165) is 4.31 Å². The summed E-state index contributed by atoms with van der Waals surface area (Å²) in [6.45, 7) is 4.48. The van der Waals surface area contributed by atoms with Crippen molar-refractivity contribution in [3.05, 3.63) is 0 Å². The van der Waals surface area contributed by atoms with Crippen molar-refractivity contribution in [2.45, 2.75) is 26.0 Å². The molecular formula is C8H17N3O4S. The molecule has 0 bridgehead atoms. The van der Waals surface area contributed by atoms with Gasteiger partial charge in [-0.2, -0.15) is 12.7 Å². The van der Waals surface area contributed by atoms with Crippen molar-refractivity contribution >= 4 is 16.3 Å². The molecule has 1 amide bonds. The van der Waals surface area contributed by atoms with Gasteiger partial charge in [0, 0.05) is 20.1 Å². The van der Waals surface area contributed by atoms with E-state index in [1.54, 1.807) is 13.8 Å². The lowest BCUT2D eigenvalue weighted by molar-refractivity contribution is 0.120. The maximum Gasteiger partial charge on any atom is 0.422 e. The van der Waals surface area contributed by atoms with E-state index in [9.17, 15) is 13.2 Å². The summed E-state index contributed by atoms with van der Waals surface area (Å²) in [5.74, 6) is 0. The fraction of sp³-hybridized carbons (Fsp3) is 0.875. The summed E-state index contributed by atoms with van der Waals surface area (Å²) in [7, 11) is -2.37. The number of hydrogen-bond donors (Lipinski definition) is 2. The number of nitrogens with zero attached hydrogens (tertiary/aromatic N) is 1. The van der Waals surface area contributed by atoms with E-state index in [2.05, 4.69) is 5.32 Å². The average molecular weight is 251 g/mol. The molecule has 1 saturated heterocycles. The molecule has 0 atom stereocenters. The predicted molar refractivity (Wildman–Crippen MR) is 58.1 cm³/mol. The molecule has 1 aliphatic heterocycles. The van der Waals surface area contributed by atoms with E-state index >= 15 is 0 Å². The molecule has 0 aliphatic carbocycles. The van der Waals surface area contributed by atoms with E-state index in [1.165, 1.54) is 7.05 Å². The number of nitrogens with one attached hydrogen (secondary N) is 2. The summed E-state index contributed by atoms with van der Waals surface area (Å²) in [4.78, 5) is 11.1. The second-order valence-electron chi connectivity index (χ2n) is 3.89. The first-order valence-corrected chi connectivity index (χ1v) is 6.44. The SMILES string of the molecule is CC(C)OC(=O)NS(=O)(=O)N(C)C1CNC1. The molecule has 0 unspecified atom stereocenters. The van der Waals surface area contributed by atoms with Gasteiger partial charge in [-0.1, -0.05) is 0 Å². The molecule has 0 aromatic rings. The Balaban J connectivity index is 2.53. The summed E-state index contributed by atoms with van der Waals surface area (Å²) in [5, 5.41) is 2.95. The molecule has 0 aromatic heterocycles. The van der Waals surface area contributed by atoms with Gasteiger partial charge in [-0.3, -0.25) is 0 Å². The third-order valence-electron chi connectivity index (χ3n) is 2.21. The first-order valence-electron chi connectivity index (χ1n) is 5.00. The molecule has 0 saturated carbocycles. The number of amides is 1. The topological polar surface area (TPSA) is 87.7 Å². The lowest BCUT2D eigenvalue weighted by atomic mass is 10.2. The molecule has 1 heterocycles. The van der Waals surface area contributed by atoms with Gasteiger partial charge in [0.15, 0.2) is 0 Å². The van der Waals surface area contributed by atoms with Crippen molar-refractivity contribution in [1.29, 1.82) is 0 Å². The molecular weight excluding hydrogens is 234 g/mol. The number of rotatable bonds is 4. The van der Waals surface area contributed by atoms with Crippen LogP contribution in [0.15, 0.2) is 0 Å². The molecule has 1 rings (SSSR count). The summed E-state index contributed by atoms with van der Waals surface area (Å²) in [5.41, 5.74) is 0. The lowest BCUT2D eigenvalue weighted by Gasteiger charge is -2.34. The van der Waals surface area contributed by atoms with Gasteiger partial charge in [-0.05, 0) is 13.8 Å². The molecule has 2 N–H and O–H groups in total. The summed E-state index contributed by atoms with van der Waals surface area (Å²) in [6.07, 6.45) is -1.31. The molecule has 0 aromatic carbocycles. The second kappa shape index (κ2) is 4.98. The van der Waals surface area contributed by atoms with E-state index in [1.807, 2.05) is 4.72 Å². The van der Waals surface area contributed by atoms with Crippen LogP contribution in [0.2, 0.25) is 0 Å². The minimum absolute atomic E-state index is 0.107. The highest BCUT2D eigenvalue weighted by Crippen LogP contribution is 2.06. The maximum atomic E-state index is 11.6. The van der Waals surface area contributed by atoms with Crippen molar-refractivity contribution in [2.75, 3.05) is 20.1 Å². The molecule has 0 radical (unpaired) electrons. The van der Waals surface area contributed by atoms with Crippen LogP contribution in [-0.2, 0) is 14.9 Å². The van der Waals surface area contributed by atoms with Crippen molar-refractivity contribution < 1.29 is 17.9 Å². The first-order chi connectivity index (χ1) is 7.33. The number of carbonyl (C=O) groups is 1. The first kappa shape index (κ1) is 13.2. The van der Waals surface area contributed by atoms with E-state index in [-0.39, 0.29) is 12.1 Å². The monoisotopic (exact) mass is 251 g/mol. The van der Waals surface area contributed by atoms with Crippen LogP contribution in [-0.4, -0.2) is 51.1 Å². The third-order valence-corrected chi connectivity index (χ3v) is 3.69. The van der Waals surface area contributed by atoms with E-state index < -0.39 is 16.3 Å². The van der Waals surface area contributed by atoms with Gasteiger partial charge >= 0.3 is 16.3 Å². The van der Waals surface area contributed by atoms with Crippen molar-refractivity contribution in [2.24, 2.45) is 0 Å². The number of ether oxygens (including phenoxy) is 1. The highest BCUT2D eigenvalue weighted by molar-refractivity contribution is 7.87. The molecule has 94 valence electrons. The highest BCUT2D eigenvalue weighted by atomic mass is 32.2. The normalized spacial score (nSPS) is 17.3. The molecule has 1 aliphatic rings. The summed E-state index contributed by atoms with van der Waals surface area (Å²) >= 11 is 0. The summed E-state index contributed by atoms with van der Waals surface area (Å²) in [6, 6.07) is -0.107. The number of hydrogen-bond acceptors (Lipinski definition) is 5. The lowest BCUT2D eigenvalue weighted by Crippen LogP contribution is -2.59. The Morgan fingerprint density at radius 1 is 1.50 bits per heavy atom. The van der Waals surface area contributed by atoms with Crippen LogP contribution in [0.1, 0.15) is 13.8 Å². The molecule has 1 fully saturated rings. The van der Waals surface area contributed by atoms with Gasteiger partial charge in [0.05, 0.1) is 12.1 Å². The van der Waals surface area contributed by atoms with Gasteiger partial charge in [-0.15, -0.1) is 0 Å². The van der Waals surface area contributed by atoms with Crippen molar-refractivity contribution in [3.8, 4) is 0 Å². The Morgan fingerprint density at radius 2 is 2.06 bits per heavy atom. The Labute approximate surface area is 95.3 Å². The standard InChI is InChI=1S/C8H17N3O4S/c1-6(2)15-8(12)10-16(13,14)11(3)7-4-9-5-7/h6-7,9H,4-5H2,1-3H3,(H,10,12). The fourth-order valence-corrected chi connectivity index (χ4v) is 2.09. The van der Waals surface area contributed by atoms with Crippen LogP contribution in [0.25, 0.3) is 0 Å². The van der Waals surface area contributed by atoms with Crippen LogP contribution >= 0.6 is 0 Å². The fourth-order valence-electron chi connectivity index (χ4n) is 1.14. The second-order valence-corrected chi connectivity index (χ2v) is 5.62. The van der Waals surface area contributed by atoms with Crippen molar-refractivity contribution in [1.82, 2.24) is 14.3 Å². The average Bonchev–Trinajstić information content (AvgIpc) is 1.96. The van der Waals surface area contributed by atoms with Gasteiger partial charge in [0.25, 0.3) is 0 Å². The molecule has 0 spiro atoms. The van der Waals surface area contributed by atoms with Crippen LogP contribution in [0.4, 0.5) is 4.79 Å². The van der Waals surface area contributed by atoms with Crippen LogP contribution in [0.5, 0.6) is 0 Å². The number of likely N-dealkylation sites (N-methyl/N-ethyl adjacent to an activating group) is 1. The zero-order valence-electron chi connectivity index (χ0n) is 9.56. The molecule has 16 heavy (non-hydrogen) atoms. The third kappa shape index (κ3) is 3.32.